The number of nitrogens with zero attached hydrogens (tertiary/aromatic N) is 1. The molecule has 0 aromatic carbocycles. The van der Waals surface area contributed by atoms with Crippen molar-refractivity contribution in [1.82, 2.24) is 10.6 Å². The first-order valence-corrected chi connectivity index (χ1v) is 7.73. The molecule has 0 atom stereocenters. The summed E-state index contributed by atoms with van der Waals surface area (Å²) in [7, 11) is 0. The van der Waals surface area contributed by atoms with Crippen LogP contribution < -0.4 is 10.6 Å². The van der Waals surface area contributed by atoms with Crippen molar-refractivity contribution in [2.75, 3.05) is 46.1 Å². The van der Waals surface area contributed by atoms with Gasteiger partial charge in [-0.2, -0.15) is 0 Å². The van der Waals surface area contributed by atoms with Gasteiger partial charge in [-0.3, -0.25) is 4.99 Å². The molecular weight excluding hydrogens is 381 g/mol. The summed E-state index contributed by atoms with van der Waals surface area (Å²) in [5.41, 5.74) is 0.218. The second-order valence-electron chi connectivity index (χ2n) is 6.22. The van der Waals surface area contributed by atoms with E-state index in [4.69, 9.17) is 9.47 Å². The minimum Gasteiger partial charge on any atom is -0.380 e. The third-order valence-electron chi connectivity index (χ3n) is 3.24. The zero-order valence-corrected chi connectivity index (χ0v) is 16.2. The number of ether oxygens (including phenoxy) is 2. The van der Waals surface area contributed by atoms with Crippen LogP contribution in [0.5, 0.6) is 0 Å². The lowest BCUT2D eigenvalue weighted by atomic mass is 9.89. The number of hydrogen-bond acceptors (Lipinski definition) is 3. The first kappa shape index (κ1) is 20.9. The Labute approximate surface area is 146 Å². The van der Waals surface area contributed by atoms with Gasteiger partial charge in [0.2, 0.25) is 0 Å². The van der Waals surface area contributed by atoms with Crippen LogP contribution in [0.3, 0.4) is 0 Å². The van der Waals surface area contributed by atoms with Gasteiger partial charge in [0, 0.05) is 25.1 Å². The Bertz CT molecular complexity index is 295. The van der Waals surface area contributed by atoms with Gasteiger partial charge in [0.1, 0.15) is 0 Å². The Balaban J connectivity index is 0.00000400. The van der Waals surface area contributed by atoms with Crippen LogP contribution in [-0.4, -0.2) is 52.0 Å². The van der Waals surface area contributed by atoms with Crippen LogP contribution in [0.2, 0.25) is 0 Å². The standard InChI is InChI=1S/C15H31N3O2.HI/c1-5-16-14(18-10-15(4)11-20-12-15)17-7-9-19-8-6-13(2)3;/h13H,5-12H2,1-4H3,(H2,16,17,18);1H. The van der Waals surface area contributed by atoms with E-state index in [2.05, 4.69) is 43.3 Å². The van der Waals surface area contributed by atoms with E-state index in [9.17, 15) is 0 Å². The third-order valence-corrected chi connectivity index (χ3v) is 3.24. The number of halogens is 1. The van der Waals surface area contributed by atoms with Crippen LogP contribution >= 0.6 is 24.0 Å². The highest BCUT2D eigenvalue weighted by atomic mass is 127. The van der Waals surface area contributed by atoms with Crippen molar-refractivity contribution < 1.29 is 9.47 Å². The van der Waals surface area contributed by atoms with E-state index in [1.807, 2.05) is 0 Å². The molecule has 1 aliphatic rings. The molecule has 0 aromatic heterocycles. The molecule has 6 heteroatoms. The molecule has 21 heavy (non-hydrogen) atoms. The van der Waals surface area contributed by atoms with Crippen molar-refractivity contribution in [3.8, 4) is 0 Å². The second-order valence-corrected chi connectivity index (χ2v) is 6.22. The monoisotopic (exact) mass is 413 g/mol. The molecule has 0 radical (unpaired) electrons. The van der Waals surface area contributed by atoms with E-state index < -0.39 is 0 Å². The van der Waals surface area contributed by atoms with Crippen molar-refractivity contribution in [3.63, 3.8) is 0 Å². The average molecular weight is 413 g/mol. The highest BCUT2D eigenvalue weighted by Gasteiger charge is 2.33. The number of rotatable bonds is 9. The van der Waals surface area contributed by atoms with Gasteiger partial charge in [-0.05, 0) is 19.3 Å². The lowest BCUT2D eigenvalue weighted by Crippen LogP contribution is -2.44. The number of hydrogen-bond donors (Lipinski definition) is 2. The first-order valence-electron chi connectivity index (χ1n) is 7.73. The highest BCUT2D eigenvalue weighted by molar-refractivity contribution is 14.0. The van der Waals surface area contributed by atoms with Crippen LogP contribution in [0.4, 0.5) is 0 Å². The molecule has 0 bridgehead atoms. The van der Waals surface area contributed by atoms with E-state index in [1.165, 1.54) is 0 Å². The molecule has 0 aromatic rings. The minimum absolute atomic E-state index is 0. The zero-order valence-electron chi connectivity index (χ0n) is 13.9. The Morgan fingerprint density at radius 2 is 2.00 bits per heavy atom. The summed E-state index contributed by atoms with van der Waals surface area (Å²) in [5, 5.41) is 6.56. The molecule has 2 N–H and O–H groups in total. The number of nitrogens with one attached hydrogen (secondary N) is 2. The molecule has 1 rings (SSSR count). The topological polar surface area (TPSA) is 54.9 Å². The van der Waals surface area contributed by atoms with Gasteiger partial charge >= 0.3 is 0 Å². The van der Waals surface area contributed by atoms with Crippen molar-refractivity contribution in [2.24, 2.45) is 16.3 Å². The Kier molecular flexibility index (Phi) is 11.4. The van der Waals surface area contributed by atoms with Gasteiger partial charge in [0.25, 0.3) is 0 Å². The summed E-state index contributed by atoms with van der Waals surface area (Å²) in [6.07, 6.45) is 1.12. The summed E-state index contributed by atoms with van der Waals surface area (Å²) >= 11 is 0. The smallest absolute Gasteiger partial charge is 0.191 e. The fraction of sp³-hybridized carbons (Fsp3) is 0.933. The van der Waals surface area contributed by atoms with Crippen molar-refractivity contribution in [1.29, 1.82) is 0 Å². The molecule has 0 saturated carbocycles. The van der Waals surface area contributed by atoms with Crippen molar-refractivity contribution in [2.45, 2.75) is 34.1 Å². The normalized spacial score (nSPS) is 17.1. The maximum atomic E-state index is 5.59. The van der Waals surface area contributed by atoms with E-state index >= 15 is 0 Å². The molecule has 1 aliphatic heterocycles. The van der Waals surface area contributed by atoms with E-state index in [0.717, 1.165) is 58.4 Å². The molecule has 1 fully saturated rings. The fourth-order valence-electron chi connectivity index (χ4n) is 1.82. The predicted octanol–water partition coefficient (Wildman–Crippen LogP) is 2.26. The summed E-state index contributed by atoms with van der Waals surface area (Å²) in [6.45, 7) is 14.3. The number of aliphatic imine (C=N–C) groups is 1. The lowest BCUT2D eigenvalue weighted by Gasteiger charge is -2.36. The van der Waals surface area contributed by atoms with Crippen LogP contribution in [0.1, 0.15) is 34.1 Å². The average Bonchev–Trinajstić information content (AvgIpc) is 2.37. The number of guanidine groups is 1. The largest absolute Gasteiger partial charge is 0.380 e. The summed E-state index contributed by atoms with van der Waals surface area (Å²) in [4.78, 5) is 4.61. The molecule has 0 amide bonds. The summed E-state index contributed by atoms with van der Waals surface area (Å²) in [5.74, 6) is 1.57. The molecule has 126 valence electrons. The van der Waals surface area contributed by atoms with E-state index in [1.54, 1.807) is 0 Å². The molecule has 1 saturated heterocycles. The molecule has 0 spiro atoms. The molecule has 0 aliphatic carbocycles. The van der Waals surface area contributed by atoms with Crippen molar-refractivity contribution >= 4 is 29.9 Å². The first-order chi connectivity index (χ1) is 9.56. The third kappa shape index (κ3) is 9.52. The Morgan fingerprint density at radius 3 is 2.52 bits per heavy atom. The van der Waals surface area contributed by atoms with Crippen LogP contribution in [-0.2, 0) is 9.47 Å². The van der Waals surface area contributed by atoms with Gasteiger partial charge in [-0.25, -0.2) is 0 Å². The second kappa shape index (κ2) is 11.5. The predicted molar refractivity (Wildman–Crippen MR) is 98.6 cm³/mol. The van der Waals surface area contributed by atoms with Crippen LogP contribution in [0, 0.1) is 11.3 Å². The maximum Gasteiger partial charge on any atom is 0.191 e. The van der Waals surface area contributed by atoms with E-state index in [-0.39, 0.29) is 29.4 Å². The van der Waals surface area contributed by atoms with Gasteiger partial charge < -0.3 is 20.1 Å². The molecule has 5 nitrogen and oxygen atoms in total. The lowest BCUT2D eigenvalue weighted by molar-refractivity contribution is -0.0945. The Hall–Kier alpha value is -0.0800. The molecule has 1 heterocycles. The zero-order chi connectivity index (χ0) is 14.8. The van der Waals surface area contributed by atoms with E-state index in [0.29, 0.717) is 5.92 Å². The van der Waals surface area contributed by atoms with Crippen LogP contribution in [0.15, 0.2) is 4.99 Å². The van der Waals surface area contributed by atoms with Gasteiger partial charge in [-0.15, -0.1) is 24.0 Å². The Morgan fingerprint density at radius 1 is 1.29 bits per heavy atom. The highest BCUT2D eigenvalue weighted by Crippen LogP contribution is 2.26. The van der Waals surface area contributed by atoms with Gasteiger partial charge in [0.15, 0.2) is 5.96 Å². The molecular formula is C15H32IN3O2. The maximum absolute atomic E-state index is 5.59. The summed E-state index contributed by atoms with van der Waals surface area (Å²) in [6, 6.07) is 0. The van der Waals surface area contributed by atoms with Crippen LogP contribution in [0.25, 0.3) is 0 Å². The fourth-order valence-corrected chi connectivity index (χ4v) is 1.82. The van der Waals surface area contributed by atoms with Crippen molar-refractivity contribution in [3.05, 3.63) is 0 Å². The minimum atomic E-state index is 0. The van der Waals surface area contributed by atoms with Gasteiger partial charge in [-0.1, -0.05) is 20.8 Å². The summed E-state index contributed by atoms with van der Waals surface area (Å²) < 4.78 is 10.8. The molecule has 0 unspecified atom stereocenters. The quantitative estimate of drug-likeness (QED) is 0.264. The van der Waals surface area contributed by atoms with Gasteiger partial charge in [0.05, 0.1) is 26.4 Å². The SMILES string of the molecule is CCNC(=NCC1(C)COC1)NCCOCCC(C)C.I.